The first-order valence-corrected chi connectivity index (χ1v) is 7.31. The molecule has 124 valence electrons. The van der Waals surface area contributed by atoms with Gasteiger partial charge < -0.3 is 9.26 Å². The maximum absolute atomic E-state index is 13.1. The van der Waals surface area contributed by atoms with Crippen LogP contribution in [0.2, 0.25) is 5.02 Å². The molecule has 5 nitrogen and oxygen atoms in total. The number of hydrogen-bond donors (Lipinski definition) is 0. The molecule has 2 heterocycles. The van der Waals surface area contributed by atoms with E-state index in [1.807, 2.05) is 0 Å². The number of hydrogen-bond acceptors (Lipinski definition) is 5. The molecule has 0 N–H and O–H groups in total. The number of rotatable bonds is 4. The number of benzene rings is 1. The van der Waals surface area contributed by atoms with Crippen LogP contribution in [0.1, 0.15) is 11.9 Å². The lowest BCUT2D eigenvalue weighted by Crippen LogP contribution is -2.42. The molecule has 1 aliphatic heterocycles. The minimum absolute atomic E-state index is 0.140. The number of nitrogens with zero attached hydrogens (tertiary/aromatic N) is 3. The summed E-state index contributed by atoms with van der Waals surface area (Å²) in [4.78, 5) is 5.74. The van der Waals surface area contributed by atoms with Crippen LogP contribution >= 0.6 is 11.6 Å². The molecule has 0 saturated carbocycles. The lowest BCUT2D eigenvalue weighted by atomic mass is 10.2. The molecule has 23 heavy (non-hydrogen) atoms. The van der Waals surface area contributed by atoms with Crippen molar-refractivity contribution < 1.29 is 22.4 Å². The van der Waals surface area contributed by atoms with Crippen LogP contribution in [0.3, 0.4) is 0 Å². The number of halogens is 4. The first-order valence-electron chi connectivity index (χ1n) is 6.93. The summed E-state index contributed by atoms with van der Waals surface area (Å²) < 4.78 is 48.9. The second-order valence-corrected chi connectivity index (χ2v) is 5.46. The summed E-state index contributed by atoms with van der Waals surface area (Å²) >= 11 is 5.96. The minimum atomic E-state index is -2.47. The van der Waals surface area contributed by atoms with Gasteiger partial charge in [-0.1, -0.05) is 16.8 Å². The largest absolute Gasteiger partial charge is 0.378 e. The Hall–Kier alpha value is -1.64. The van der Waals surface area contributed by atoms with Crippen LogP contribution in [0, 0.1) is 5.82 Å². The van der Waals surface area contributed by atoms with E-state index < -0.39 is 24.8 Å². The standard InChI is InChI=1S/C14H13ClF3N3O2/c15-10-5-8(16)1-2-9(10)13-19-14(23-20-13)11-7-22-4-3-21(11)6-12(17)18/h1-2,5,11-12H,3-4,6-7H2. The van der Waals surface area contributed by atoms with Gasteiger partial charge in [-0.25, -0.2) is 13.2 Å². The van der Waals surface area contributed by atoms with Crippen molar-refractivity contribution in [3.05, 3.63) is 34.9 Å². The van der Waals surface area contributed by atoms with Crippen LogP contribution < -0.4 is 0 Å². The Bertz CT molecular complexity index is 683. The first kappa shape index (κ1) is 16.2. The lowest BCUT2D eigenvalue weighted by molar-refractivity contribution is -0.0430. The van der Waals surface area contributed by atoms with Gasteiger partial charge in [0.1, 0.15) is 11.9 Å². The third-order valence-electron chi connectivity index (χ3n) is 3.51. The Kier molecular flexibility index (Phi) is 4.84. The van der Waals surface area contributed by atoms with Gasteiger partial charge in [0.2, 0.25) is 11.7 Å². The van der Waals surface area contributed by atoms with Crippen LogP contribution in [0.5, 0.6) is 0 Å². The summed E-state index contributed by atoms with van der Waals surface area (Å²) in [6.07, 6.45) is -2.47. The molecule has 1 atom stereocenters. The van der Waals surface area contributed by atoms with Crippen LogP contribution in [0.15, 0.2) is 22.7 Å². The molecule has 1 aromatic carbocycles. The highest BCUT2D eigenvalue weighted by atomic mass is 35.5. The van der Waals surface area contributed by atoms with E-state index in [1.165, 1.54) is 17.0 Å². The van der Waals surface area contributed by atoms with E-state index in [-0.39, 0.29) is 23.3 Å². The molecule has 0 amide bonds. The number of morpholine rings is 1. The van der Waals surface area contributed by atoms with Crippen molar-refractivity contribution >= 4 is 11.6 Å². The zero-order valence-electron chi connectivity index (χ0n) is 11.9. The number of aromatic nitrogens is 2. The van der Waals surface area contributed by atoms with Crippen molar-refractivity contribution in [2.24, 2.45) is 0 Å². The second kappa shape index (κ2) is 6.86. The number of alkyl halides is 2. The molecule has 3 rings (SSSR count). The molecule has 1 unspecified atom stereocenters. The normalized spacial score (nSPS) is 19.4. The van der Waals surface area contributed by atoms with Gasteiger partial charge in [0.05, 0.1) is 24.8 Å². The van der Waals surface area contributed by atoms with Crippen LogP contribution in [-0.2, 0) is 4.74 Å². The summed E-state index contributed by atoms with van der Waals surface area (Å²) in [7, 11) is 0. The summed E-state index contributed by atoms with van der Waals surface area (Å²) in [5.41, 5.74) is 0.403. The Balaban J connectivity index is 1.85. The topological polar surface area (TPSA) is 51.4 Å². The van der Waals surface area contributed by atoms with Crippen molar-refractivity contribution in [3.8, 4) is 11.4 Å². The average Bonchev–Trinajstić information content (AvgIpc) is 2.96. The minimum Gasteiger partial charge on any atom is -0.378 e. The molecule has 1 aromatic heterocycles. The van der Waals surface area contributed by atoms with Crippen molar-refractivity contribution in [3.63, 3.8) is 0 Å². The highest BCUT2D eigenvalue weighted by Gasteiger charge is 2.31. The molecule has 9 heteroatoms. The fraction of sp³-hybridized carbons (Fsp3) is 0.429. The molecule has 0 radical (unpaired) electrons. The van der Waals surface area contributed by atoms with Gasteiger partial charge >= 0.3 is 0 Å². The Morgan fingerprint density at radius 2 is 2.22 bits per heavy atom. The van der Waals surface area contributed by atoms with E-state index in [2.05, 4.69) is 10.1 Å². The molecular formula is C14H13ClF3N3O2. The highest BCUT2D eigenvalue weighted by molar-refractivity contribution is 6.33. The highest BCUT2D eigenvalue weighted by Crippen LogP contribution is 2.29. The van der Waals surface area contributed by atoms with Crippen LogP contribution in [-0.4, -0.2) is 47.8 Å². The first-order chi connectivity index (χ1) is 11.0. The summed E-state index contributed by atoms with van der Waals surface area (Å²) in [6.45, 7) is 0.507. The van der Waals surface area contributed by atoms with E-state index in [4.69, 9.17) is 20.9 Å². The van der Waals surface area contributed by atoms with E-state index in [0.717, 1.165) is 6.07 Å². The molecule has 0 spiro atoms. The van der Waals surface area contributed by atoms with Gasteiger partial charge in [0, 0.05) is 12.1 Å². The predicted octanol–water partition coefficient (Wildman–Crippen LogP) is 3.17. The Morgan fingerprint density at radius 3 is 2.96 bits per heavy atom. The Labute approximate surface area is 135 Å². The molecule has 2 aromatic rings. The lowest BCUT2D eigenvalue weighted by Gasteiger charge is -2.32. The van der Waals surface area contributed by atoms with Crippen molar-refractivity contribution in [2.75, 3.05) is 26.3 Å². The summed E-state index contributed by atoms with van der Waals surface area (Å²) in [5, 5.41) is 3.94. The van der Waals surface area contributed by atoms with Gasteiger partial charge in [-0.15, -0.1) is 0 Å². The number of ether oxygens (including phenoxy) is 1. The Morgan fingerprint density at radius 1 is 1.39 bits per heavy atom. The second-order valence-electron chi connectivity index (χ2n) is 5.06. The third kappa shape index (κ3) is 3.65. The van der Waals surface area contributed by atoms with Gasteiger partial charge in [-0.05, 0) is 18.2 Å². The maximum Gasteiger partial charge on any atom is 0.251 e. The molecule has 0 bridgehead atoms. The van der Waals surface area contributed by atoms with Crippen molar-refractivity contribution in [2.45, 2.75) is 12.5 Å². The smallest absolute Gasteiger partial charge is 0.251 e. The van der Waals surface area contributed by atoms with Gasteiger partial charge in [-0.2, -0.15) is 4.98 Å². The summed E-state index contributed by atoms with van der Waals surface area (Å²) in [5.74, 6) is -0.139. The fourth-order valence-corrected chi connectivity index (χ4v) is 2.66. The maximum atomic E-state index is 13.1. The van der Waals surface area contributed by atoms with Crippen molar-refractivity contribution in [1.29, 1.82) is 0 Å². The van der Waals surface area contributed by atoms with E-state index >= 15 is 0 Å². The molecule has 1 saturated heterocycles. The van der Waals surface area contributed by atoms with E-state index in [0.29, 0.717) is 18.7 Å². The zero-order chi connectivity index (χ0) is 16.4. The predicted molar refractivity (Wildman–Crippen MR) is 75.8 cm³/mol. The molecule has 1 fully saturated rings. The summed E-state index contributed by atoms with van der Waals surface area (Å²) in [6, 6.07) is 3.25. The van der Waals surface area contributed by atoms with Crippen LogP contribution in [0.4, 0.5) is 13.2 Å². The SMILES string of the molecule is Fc1ccc(-c2noc(C3COCCN3CC(F)F)n2)c(Cl)c1. The third-order valence-corrected chi connectivity index (χ3v) is 3.82. The fourth-order valence-electron chi connectivity index (χ4n) is 2.41. The molecular weight excluding hydrogens is 335 g/mol. The molecule has 1 aliphatic rings. The molecule has 0 aliphatic carbocycles. The van der Waals surface area contributed by atoms with Gasteiger partial charge in [0.25, 0.3) is 6.43 Å². The van der Waals surface area contributed by atoms with Crippen molar-refractivity contribution in [1.82, 2.24) is 15.0 Å². The van der Waals surface area contributed by atoms with E-state index in [9.17, 15) is 13.2 Å². The van der Waals surface area contributed by atoms with Gasteiger partial charge in [0.15, 0.2) is 0 Å². The van der Waals surface area contributed by atoms with Crippen LogP contribution in [0.25, 0.3) is 11.4 Å². The monoisotopic (exact) mass is 347 g/mol. The average molecular weight is 348 g/mol. The van der Waals surface area contributed by atoms with E-state index in [1.54, 1.807) is 0 Å². The zero-order valence-corrected chi connectivity index (χ0v) is 12.6. The van der Waals surface area contributed by atoms with Gasteiger partial charge in [-0.3, -0.25) is 4.90 Å². The quantitative estimate of drug-likeness (QED) is 0.850.